The van der Waals surface area contributed by atoms with E-state index in [1.54, 1.807) is 4.90 Å². The van der Waals surface area contributed by atoms with Crippen LogP contribution in [-0.4, -0.2) is 34.1 Å². The molecule has 2 rings (SSSR count). The first-order valence-corrected chi connectivity index (χ1v) is 5.54. The Kier molecular flexibility index (Phi) is 3.27. The number of aromatic nitrogens is 2. The van der Waals surface area contributed by atoms with Crippen LogP contribution in [0.2, 0.25) is 0 Å². The lowest BCUT2D eigenvalue weighted by Crippen LogP contribution is -2.36. The van der Waals surface area contributed by atoms with Crippen LogP contribution >= 0.6 is 0 Å². The van der Waals surface area contributed by atoms with E-state index < -0.39 is 12.1 Å². The largest absolute Gasteiger partial charge is 0.470 e. The SMILES string of the molecule is CC(=O)N1CCC(c2nnc(C(F)(F)F)o2)CC1. The van der Waals surface area contributed by atoms with E-state index >= 15 is 0 Å². The van der Waals surface area contributed by atoms with Crippen LogP contribution in [0.1, 0.15) is 37.5 Å². The molecule has 0 atom stereocenters. The van der Waals surface area contributed by atoms with E-state index in [1.807, 2.05) is 0 Å². The number of carbonyl (C=O) groups excluding carboxylic acids is 1. The van der Waals surface area contributed by atoms with Gasteiger partial charge in [-0.1, -0.05) is 0 Å². The van der Waals surface area contributed by atoms with E-state index in [1.165, 1.54) is 6.92 Å². The van der Waals surface area contributed by atoms with E-state index in [9.17, 15) is 18.0 Å². The van der Waals surface area contributed by atoms with Crippen molar-refractivity contribution < 1.29 is 22.4 Å². The summed E-state index contributed by atoms with van der Waals surface area (Å²) < 4.78 is 41.5. The van der Waals surface area contributed by atoms with Gasteiger partial charge in [0.05, 0.1) is 0 Å². The highest BCUT2D eigenvalue weighted by Crippen LogP contribution is 2.32. The van der Waals surface area contributed by atoms with Crippen LogP contribution in [0.25, 0.3) is 0 Å². The highest BCUT2D eigenvalue weighted by Gasteiger charge is 2.39. The summed E-state index contributed by atoms with van der Waals surface area (Å²) >= 11 is 0. The van der Waals surface area contributed by atoms with Crippen molar-refractivity contribution in [1.29, 1.82) is 0 Å². The zero-order valence-electron chi connectivity index (χ0n) is 9.70. The van der Waals surface area contributed by atoms with E-state index in [2.05, 4.69) is 14.6 Å². The van der Waals surface area contributed by atoms with Crippen molar-refractivity contribution in [3.63, 3.8) is 0 Å². The van der Waals surface area contributed by atoms with Crippen LogP contribution < -0.4 is 0 Å². The Labute approximate surface area is 101 Å². The minimum atomic E-state index is -4.61. The molecule has 8 heteroatoms. The van der Waals surface area contributed by atoms with Crippen molar-refractivity contribution in [2.24, 2.45) is 0 Å². The molecule has 0 aromatic carbocycles. The standard InChI is InChI=1S/C10H12F3N3O2/c1-6(17)16-4-2-7(3-5-16)8-14-15-9(18-8)10(11,12)13/h7H,2-5H2,1H3. The lowest BCUT2D eigenvalue weighted by atomic mass is 9.97. The van der Waals surface area contributed by atoms with Crippen LogP contribution in [0.5, 0.6) is 0 Å². The van der Waals surface area contributed by atoms with E-state index in [0.717, 1.165) is 0 Å². The van der Waals surface area contributed by atoms with Gasteiger partial charge >= 0.3 is 12.1 Å². The summed E-state index contributed by atoms with van der Waals surface area (Å²) in [6, 6.07) is 0. The Balaban J connectivity index is 2.02. The molecule has 5 nitrogen and oxygen atoms in total. The summed E-state index contributed by atoms with van der Waals surface area (Å²) in [5.74, 6) is -1.55. The summed E-state index contributed by atoms with van der Waals surface area (Å²) in [7, 11) is 0. The molecule has 0 saturated carbocycles. The van der Waals surface area contributed by atoms with Gasteiger partial charge in [-0.05, 0) is 12.8 Å². The predicted molar refractivity (Wildman–Crippen MR) is 53.5 cm³/mol. The zero-order valence-corrected chi connectivity index (χ0v) is 9.70. The lowest BCUT2D eigenvalue weighted by molar-refractivity contribution is -0.157. The summed E-state index contributed by atoms with van der Waals surface area (Å²) in [4.78, 5) is 12.8. The number of carbonyl (C=O) groups is 1. The topological polar surface area (TPSA) is 59.2 Å². The molecule has 0 N–H and O–H groups in total. The minimum Gasteiger partial charge on any atom is -0.417 e. The predicted octanol–water partition coefficient (Wildman–Crippen LogP) is 1.81. The Morgan fingerprint density at radius 3 is 2.39 bits per heavy atom. The molecule has 1 aromatic heterocycles. The molecule has 100 valence electrons. The Morgan fingerprint density at radius 1 is 1.33 bits per heavy atom. The normalized spacial score (nSPS) is 18.1. The summed E-state index contributed by atoms with van der Waals surface area (Å²) in [6.07, 6.45) is -3.52. The van der Waals surface area contributed by atoms with Gasteiger partial charge in [0, 0.05) is 25.9 Å². The minimum absolute atomic E-state index is 0.00512. The molecular formula is C10H12F3N3O2. The van der Waals surface area contributed by atoms with Gasteiger partial charge in [-0.3, -0.25) is 4.79 Å². The number of amides is 1. The fraction of sp³-hybridized carbons (Fsp3) is 0.700. The first kappa shape index (κ1) is 12.8. The van der Waals surface area contributed by atoms with E-state index in [4.69, 9.17) is 0 Å². The van der Waals surface area contributed by atoms with Crippen LogP contribution in [0.4, 0.5) is 13.2 Å². The van der Waals surface area contributed by atoms with E-state index in [-0.39, 0.29) is 17.7 Å². The second-order valence-corrected chi connectivity index (χ2v) is 4.22. The van der Waals surface area contributed by atoms with Crippen molar-refractivity contribution in [2.75, 3.05) is 13.1 Å². The van der Waals surface area contributed by atoms with Gasteiger partial charge in [0.2, 0.25) is 11.8 Å². The zero-order chi connectivity index (χ0) is 13.3. The Bertz CT molecular complexity index is 436. The molecule has 0 bridgehead atoms. The molecular weight excluding hydrogens is 251 g/mol. The quantitative estimate of drug-likeness (QED) is 0.775. The third-order valence-electron chi connectivity index (χ3n) is 2.97. The average Bonchev–Trinajstić information content (AvgIpc) is 2.78. The van der Waals surface area contributed by atoms with Gasteiger partial charge in [0.25, 0.3) is 0 Å². The van der Waals surface area contributed by atoms with Crippen LogP contribution in [0.3, 0.4) is 0 Å². The molecule has 1 amide bonds. The molecule has 2 heterocycles. The first-order chi connectivity index (χ1) is 8.38. The van der Waals surface area contributed by atoms with Gasteiger partial charge < -0.3 is 9.32 Å². The summed E-state index contributed by atoms with van der Waals surface area (Å²) in [6.45, 7) is 2.47. The van der Waals surface area contributed by atoms with Crippen LogP contribution in [0.15, 0.2) is 4.42 Å². The van der Waals surface area contributed by atoms with Gasteiger partial charge in [-0.15, -0.1) is 10.2 Å². The smallest absolute Gasteiger partial charge is 0.417 e. The van der Waals surface area contributed by atoms with Crippen molar-refractivity contribution >= 4 is 5.91 Å². The Hall–Kier alpha value is -1.60. The van der Waals surface area contributed by atoms with Gasteiger partial charge in [0.1, 0.15) is 0 Å². The van der Waals surface area contributed by atoms with Crippen molar-refractivity contribution in [2.45, 2.75) is 31.9 Å². The lowest BCUT2D eigenvalue weighted by Gasteiger charge is -2.29. The maximum absolute atomic E-state index is 12.3. The second-order valence-electron chi connectivity index (χ2n) is 4.22. The van der Waals surface area contributed by atoms with Crippen molar-refractivity contribution in [1.82, 2.24) is 15.1 Å². The van der Waals surface area contributed by atoms with Crippen LogP contribution in [-0.2, 0) is 11.0 Å². The number of piperidine rings is 1. The van der Waals surface area contributed by atoms with Crippen molar-refractivity contribution in [3.8, 4) is 0 Å². The number of alkyl halides is 3. The number of rotatable bonds is 1. The molecule has 0 aliphatic carbocycles. The van der Waals surface area contributed by atoms with Crippen molar-refractivity contribution in [3.05, 3.63) is 11.8 Å². The molecule has 0 spiro atoms. The third-order valence-corrected chi connectivity index (χ3v) is 2.97. The van der Waals surface area contributed by atoms with Gasteiger partial charge in [-0.2, -0.15) is 13.2 Å². The molecule has 1 saturated heterocycles. The van der Waals surface area contributed by atoms with Gasteiger partial charge in [-0.25, -0.2) is 0 Å². The molecule has 18 heavy (non-hydrogen) atoms. The number of nitrogens with zero attached hydrogens (tertiary/aromatic N) is 3. The first-order valence-electron chi connectivity index (χ1n) is 5.54. The number of likely N-dealkylation sites (tertiary alicyclic amines) is 1. The fourth-order valence-corrected chi connectivity index (χ4v) is 1.96. The Morgan fingerprint density at radius 2 is 1.94 bits per heavy atom. The highest BCUT2D eigenvalue weighted by molar-refractivity contribution is 5.73. The third kappa shape index (κ3) is 2.62. The summed E-state index contributed by atoms with van der Waals surface area (Å²) in [5.41, 5.74) is 0. The molecule has 1 aromatic rings. The van der Waals surface area contributed by atoms with Crippen LogP contribution in [0, 0.1) is 0 Å². The number of halogens is 3. The highest BCUT2D eigenvalue weighted by atomic mass is 19.4. The van der Waals surface area contributed by atoms with Gasteiger partial charge in [0.15, 0.2) is 0 Å². The molecule has 0 radical (unpaired) electrons. The average molecular weight is 263 g/mol. The second kappa shape index (κ2) is 4.58. The summed E-state index contributed by atoms with van der Waals surface area (Å²) in [5, 5.41) is 6.43. The molecule has 0 unspecified atom stereocenters. The molecule has 1 fully saturated rings. The number of hydrogen-bond acceptors (Lipinski definition) is 4. The fourth-order valence-electron chi connectivity index (χ4n) is 1.96. The monoisotopic (exact) mass is 263 g/mol. The number of hydrogen-bond donors (Lipinski definition) is 0. The maximum atomic E-state index is 12.3. The molecule has 1 aliphatic heterocycles. The van der Waals surface area contributed by atoms with E-state index in [0.29, 0.717) is 25.9 Å². The molecule has 1 aliphatic rings. The maximum Gasteiger partial charge on any atom is 0.470 e.